The molecule has 1 amide bonds. The fraction of sp³-hybridized carbons (Fsp3) is 0.727. The van der Waals surface area contributed by atoms with Gasteiger partial charge in [0.1, 0.15) is 0 Å². The van der Waals surface area contributed by atoms with Gasteiger partial charge in [0, 0.05) is 6.54 Å². The van der Waals surface area contributed by atoms with Crippen LogP contribution in [0.3, 0.4) is 0 Å². The third-order valence-electron chi connectivity index (χ3n) is 2.35. The zero-order valence-electron chi connectivity index (χ0n) is 9.63. The lowest BCUT2D eigenvalue weighted by Gasteiger charge is -2.17. The molecule has 14 heavy (non-hydrogen) atoms. The van der Waals surface area contributed by atoms with E-state index in [0.717, 1.165) is 6.42 Å². The van der Waals surface area contributed by atoms with Crippen LogP contribution < -0.4 is 11.1 Å². The second-order valence-electron chi connectivity index (χ2n) is 3.94. The average Bonchev–Trinajstić information content (AvgIpc) is 2.14. The zero-order valence-corrected chi connectivity index (χ0v) is 9.63. The minimum Gasteiger partial charge on any atom is -0.351 e. The highest BCUT2D eigenvalue weighted by molar-refractivity contribution is 5.81. The van der Waals surface area contributed by atoms with Crippen molar-refractivity contribution in [2.45, 2.75) is 40.2 Å². The van der Waals surface area contributed by atoms with E-state index in [2.05, 4.69) is 5.32 Å². The summed E-state index contributed by atoms with van der Waals surface area (Å²) in [5, 5.41) is 2.79. The van der Waals surface area contributed by atoms with Crippen molar-refractivity contribution in [3.63, 3.8) is 0 Å². The predicted octanol–water partition coefficient (Wildman–Crippen LogP) is 1.44. The smallest absolute Gasteiger partial charge is 0.237 e. The number of carbonyl (C=O) groups is 1. The molecule has 3 nitrogen and oxygen atoms in total. The quantitative estimate of drug-likeness (QED) is 0.657. The first-order chi connectivity index (χ1) is 6.49. The molecule has 3 heteroatoms. The fourth-order valence-electron chi connectivity index (χ4n) is 0.986. The van der Waals surface area contributed by atoms with Gasteiger partial charge in [0.25, 0.3) is 0 Å². The Morgan fingerprint density at radius 2 is 2.07 bits per heavy atom. The van der Waals surface area contributed by atoms with Crippen molar-refractivity contribution in [2.24, 2.45) is 11.7 Å². The summed E-state index contributed by atoms with van der Waals surface area (Å²) in [7, 11) is 0. The molecule has 0 fully saturated rings. The molecule has 0 rings (SSSR count). The fourth-order valence-corrected chi connectivity index (χ4v) is 0.986. The second-order valence-corrected chi connectivity index (χ2v) is 3.94. The molecule has 0 bridgehead atoms. The van der Waals surface area contributed by atoms with Gasteiger partial charge in [0.2, 0.25) is 5.91 Å². The molecule has 0 saturated heterocycles. The maximum absolute atomic E-state index is 11.5. The van der Waals surface area contributed by atoms with Gasteiger partial charge in [-0.3, -0.25) is 4.79 Å². The largest absolute Gasteiger partial charge is 0.351 e. The number of carbonyl (C=O) groups excluding carboxylic acids is 1. The SMILES string of the molecule is CC[C@H](C)[C@H](N)C(=O)NCC=C(C)C. The number of nitrogens with two attached hydrogens (primary N) is 1. The minimum absolute atomic E-state index is 0.0585. The lowest BCUT2D eigenvalue weighted by molar-refractivity contribution is -0.123. The molecule has 2 atom stereocenters. The van der Waals surface area contributed by atoms with E-state index >= 15 is 0 Å². The first kappa shape index (κ1) is 13.2. The zero-order chi connectivity index (χ0) is 11.1. The van der Waals surface area contributed by atoms with Gasteiger partial charge >= 0.3 is 0 Å². The summed E-state index contributed by atoms with van der Waals surface area (Å²) in [5.41, 5.74) is 6.95. The highest BCUT2D eigenvalue weighted by atomic mass is 16.2. The standard InChI is InChI=1S/C11H22N2O/c1-5-9(4)10(12)11(14)13-7-6-8(2)3/h6,9-10H,5,7,12H2,1-4H3,(H,13,14)/t9-,10-/m0/s1. The summed E-state index contributed by atoms with van der Waals surface area (Å²) in [4.78, 5) is 11.5. The van der Waals surface area contributed by atoms with Crippen LogP contribution in [-0.4, -0.2) is 18.5 Å². The van der Waals surface area contributed by atoms with Crippen LogP contribution in [0.2, 0.25) is 0 Å². The summed E-state index contributed by atoms with van der Waals surface area (Å²) in [6.45, 7) is 8.60. The maximum Gasteiger partial charge on any atom is 0.237 e. The summed E-state index contributed by atoms with van der Waals surface area (Å²) in [6.07, 6.45) is 2.90. The molecule has 82 valence electrons. The molecule has 0 aromatic rings. The van der Waals surface area contributed by atoms with Crippen molar-refractivity contribution < 1.29 is 4.79 Å². The molecule has 0 aromatic heterocycles. The minimum atomic E-state index is -0.384. The molecule has 0 aliphatic rings. The predicted molar refractivity (Wildman–Crippen MR) is 59.9 cm³/mol. The summed E-state index contributed by atoms with van der Waals surface area (Å²) in [6, 6.07) is -0.384. The van der Waals surface area contributed by atoms with Crippen LogP contribution in [0.15, 0.2) is 11.6 Å². The molecule has 0 radical (unpaired) electrons. The van der Waals surface area contributed by atoms with E-state index in [4.69, 9.17) is 5.73 Å². The normalized spacial score (nSPS) is 14.4. The van der Waals surface area contributed by atoms with Crippen molar-refractivity contribution in [3.05, 3.63) is 11.6 Å². The number of allylic oxidation sites excluding steroid dienone is 1. The van der Waals surface area contributed by atoms with Gasteiger partial charge in [-0.25, -0.2) is 0 Å². The van der Waals surface area contributed by atoms with Gasteiger partial charge in [0.05, 0.1) is 6.04 Å². The van der Waals surface area contributed by atoms with Crippen LogP contribution >= 0.6 is 0 Å². The van der Waals surface area contributed by atoms with Crippen LogP contribution in [0.5, 0.6) is 0 Å². The second kappa shape index (κ2) is 6.60. The van der Waals surface area contributed by atoms with E-state index in [1.165, 1.54) is 5.57 Å². The Morgan fingerprint density at radius 3 is 2.50 bits per heavy atom. The Labute approximate surface area is 86.8 Å². The van der Waals surface area contributed by atoms with Crippen molar-refractivity contribution >= 4 is 5.91 Å². The monoisotopic (exact) mass is 198 g/mol. The molecule has 0 heterocycles. The Kier molecular flexibility index (Phi) is 6.21. The van der Waals surface area contributed by atoms with Crippen LogP contribution in [0.1, 0.15) is 34.1 Å². The van der Waals surface area contributed by atoms with Gasteiger partial charge in [0.15, 0.2) is 0 Å². The molecule has 0 saturated carbocycles. The van der Waals surface area contributed by atoms with Crippen LogP contribution in [0.25, 0.3) is 0 Å². The third-order valence-corrected chi connectivity index (χ3v) is 2.35. The van der Waals surface area contributed by atoms with Crippen LogP contribution in [0.4, 0.5) is 0 Å². The van der Waals surface area contributed by atoms with E-state index in [1.807, 2.05) is 33.8 Å². The molecule has 0 spiro atoms. The van der Waals surface area contributed by atoms with Crippen molar-refractivity contribution in [3.8, 4) is 0 Å². The Hall–Kier alpha value is -0.830. The summed E-state index contributed by atoms with van der Waals surface area (Å²) >= 11 is 0. The third kappa shape index (κ3) is 5.02. The van der Waals surface area contributed by atoms with Gasteiger partial charge in [-0.1, -0.05) is 31.9 Å². The molecular weight excluding hydrogens is 176 g/mol. The number of hydrogen-bond donors (Lipinski definition) is 2. The number of hydrogen-bond acceptors (Lipinski definition) is 2. The number of rotatable bonds is 5. The van der Waals surface area contributed by atoms with Gasteiger partial charge in [-0.05, 0) is 19.8 Å². The molecular formula is C11H22N2O. The lowest BCUT2D eigenvalue weighted by atomic mass is 9.99. The van der Waals surface area contributed by atoms with Crippen molar-refractivity contribution in [2.75, 3.05) is 6.54 Å². The first-order valence-corrected chi connectivity index (χ1v) is 5.15. The Morgan fingerprint density at radius 1 is 1.50 bits per heavy atom. The molecule has 0 aliphatic heterocycles. The summed E-state index contributed by atoms with van der Waals surface area (Å²) in [5.74, 6) is 0.179. The number of nitrogens with one attached hydrogen (secondary N) is 1. The van der Waals surface area contributed by atoms with Crippen LogP contribution in [-0.2, 0) is 4.79 Å². The molecule has 3 N–H and O–H groups in total. The van der Waals surface area contributed by atoms with E-state index in [0.29, 0.717) is 6.54 Å². The Balaban J connectivity index is 3.90. The van der Waals surface area contributed by atoms with Crippen molar-refractivity contribution in [1.82, 2.24) is 5.32 Å². The highest BCUT2D eigenvalue weighted by Gasteiger charge is 2.18. The average molecular weight is 198 g/mol. The van der Waals surface area contributed by atoms with E-state index in [1.54, 1.807) is 0 Å². The van der Waals surface area contributed by atoms with Gasteiger partial charge in [-0.2, -0.15) is 0 Å². The summed E-state index contributed by atoms with van der Waals surface area (Å²) < 4.78 is 0. The maximum atomic E-state index is 11.5. The van der Waals surface area contributed by atoms with Crippen LogP contribution in [0, 0.1) is 5.92 Å². The van der Waals surface area contributed by atoms with E-state index < -0.39 is 0 Å². The molecule has 0 unspecified atom stereocenters. The molecule has 0 aliphatic carbocycles. The van der Waals surface area contributed by atoms with Gasteiger partial charge < -0.3 is 11.1 Å². The van der Waals surface area contributed by atoms with Gasteiger partial charge in [-0.15, -0.1) is 0 Å². The number of amides is 1. The van der Waals surface area contributed by atoms with E-state index in [-0.39, 0.29) is 17.9 Å². The highest BCUT2D eigenvalue weighted by Crippen LogP contribution is 2.04. The van der Waals surface area contributed by atoms with Crippen molar-refractivity contribution in [1.29, 1.82) is 0 Å². The lowest BCUT2D eigenvalue weighted by Crippen LogP contribution is -2.44. The van der Waals surface area contributed by atoms with E-state index in [9.17, 15) is 4.79 Å². The Bertz CT molecular complexity index is 207. The molecule has 0 aromatic carbocycles. The first-order valence-electron chi connectivity index (χ1n) is 5.15. The topological polar surface area (TPSA) is 55.1 Å².